The molecule has 0 aromatic carbocycles. The van der Waals surface area contributed by atoms with Crippen molar-refractivity contribution in [3.63, 3.8) is 0 Å². The number of carbonyl (C=O) groups is 1. The highest BCUT2D eigenvalue weighted by Crippen LogP contribution is 2.40. The molecule has 0 radical (unpaired) electrons. The number of hydrogen-bond acceptors (Lipinski definition) is 5. The fraction of sp³-hybridized carbons (Fsp3) is 0.632. The molecule has 2 heterocycles. The summed E-state index contributed by atoms with van der Waals surface area (Å²) < 4.78 is 63.4. The van der Waals surface area contributed by atoms with Gasteiger partial charge in [0.15, 0.2) is 11.8 Å². The predicted octanol–water partition coefficient (Wildman–Crippen LogP) is 3.42. The van der Waals surface area contributed by atoms with E-state index >= 15 is 0 Å². The van der Waals surface area contributed by atoms with E-state index in [0.717, 1.165) is 32.0 Å². The number of alkyl halides is 4. The van der Waals surface area contributed by atoms with Crippen LogP contribution in [0.25, 0.3) is 0 Å². The van der Waals surface area contributed by atoms with E-state index in [1.54, 1.807) is 6.92 Å². The first-order valence-corrected chi connectivity index (χ1v) is 9.20. The number of nitrogens with one attached hydrogen (secondary N) is 1. The molecule has 6 nitrogen and oxygen atoms in total. The number of rotatable bonds is 7. The Balaban J connectivity index is 1.86. The number of aromatic nitrogens is 1. The van der Waals surface area contributed by atoms with Gasteiger partial charge in [-0.05, 0) is 26.2 Å². The highest BCUT2D eigenvalue weighted by Gasteiger charge is 2.45. The normalized spacial score (nSPS) is 21.3. The number of nitrogens with zero attached hydrogens (tertiary/aromatic N) is 2. The second-order valence-corrected chi connectivity index (χ2v) is 7.87. The Kier molecular flexibility index (Phi) is 5.47. The van der Waals surface area contributed by atoms with Gasteiger partial charge < -0.3 is 14.8 Å². The summed E-state index contributed by atoms with van der Waals surface area (Å²) in [5.41, 5.74) is -3.64. The molecule has 2 atom stereocenters. The van der Waals surface area contributed by atoms with Gasteiger partial charge in [-0.25, -0.2) is 4.39 Å². The summed E-state index contributed by atoms with van der Waals surface area (Å²) in [6.07, 6.45) is -3.48. The fourth-order valence-corrected chi connectivity index (χ4v) is 3.03. The van der Waals surface area contributed by atoms with E-state index in [9.17, 15) is 27.6 Å². The largest absolute Gasteiger partial charge is 0.481 e. The maximum absolute atomic E-state index is 14.8. The molecule has 1 N–H and O–H groups in total. The van der Waals surface area contributed by atoms with Crippen LogP contribution in [0.4, 0.5) is 17.6 Å². The molecule has 1 saturated carbocycles. The third-order valence-electron chi connectivity index (χ3n) is 5.04. The number of hydrogen-bond donors (Lipinski definition) is 1. The lowest BCUT2D eigenvalue weighted by Crippen LogP contribution is -2.46. The Morgan fingerprint density at radius 3 is 2.62 bits per heavy atom. The molecular formula is C19H21F4N3O3. The lowest BCUT2D eigenvalue weighted by atomic mass is 9.94. The van der Waals surface area contributed by atoms with Crippen LogP contribution in [0.15, 0.2) is 12.3 Å². The SMILES string of the molecule is CC(Oc1cc(C(=O)NC(C)(C#N)CC2CC2)ncc1C1(F)COC1)C(F)(F)F. The molecule has 29 heavy (non-hydrogen) atoms. The molecule has 1 aromatic rings. The van der Waals surface area contributed by atoms with Crippen LogP contribution in [0.2, 0.25) is 0 Å². The smallest absolute Gasteiger partial charge is 0.425 e. The van der Waals surface area contributed by atoms with Crippen LogP contribution >= 0.6 is 0 Å². The van der Waals surface area contributed by atoms with Crippen LogP contribution in [-0.2, 0) is 10.4 Å². The highest BCUT2D eigenvalue weighted by atomic mass is 19.4. The summed E-state index contributed by atoms with van der Waals surface area (Å²) in [5.74, 6) is -0.822. The van der Waals surface area contributed by atoms with E-state index < -0.39 is 35.1 Å². The number of nitriles is 1. The van der Waals surface area contributed by atoms with Gasteiger partial charge in [0.2, 0.25) is 0 Å². The van der Waals surface area contributed by atoms with Crippen molar-refractivity contribution < 1.29 is 31.8 Å². The maximum Gasteiger partial charge on any atom is 0.425 e. The first kappa shape index (κ1) is 21.3. The summed E-state index contributed by atoms with van der Waals surface area (Å²) in [5, 5.41) is 12.0. The summed E-state index contributed by atoms with van der Waals surface area (Å²) in [6.45, 7) is 1.67. The summed E-state index contributed by atoms with van der Waals surface area (Å²) >= 11 is 0. The first-order valence-electron chi connectivity index (χ1n) is 9.20. The van der Waals surface area contributed by atoms with E-state index in [2.05, 4.69) is 16.4 Å². The average Bonchev–Trinajstić information content (AvgIpc) is 3.42. The maximum atomic E-state index is 14.8. The summed E-state index contributed by atoms with van der Waals surface area (Å²) in [7, 11) is 0. The molecular weight excluding hydrogens is 394 g/mol. The van der Waals surface area contributed by atoms with Gasteiger partial charge >= 0.3 is 6.18 Å². The molecule has 0 bridgehead atoms. The van der Waals surface area contributed by atoms with Crippen molar-refractivity contribution in [2.45, 2.75) is 56.6 Å². The molecule has 1 aromatic heterocycles. The van der Waals surface area contributed by atoms with E-state index in [4.69, 9.17) is 9.47 Å². The van der Waals surface area contributed by atoms with E-state index in [1.165, 1.54) is 0 Å². The third kappa shape index (κ3) is 4.78. The lowest BCUT2D eigenvalue weighted by molar-refractivity contribution is -0.190. The summed E-state index contributed by atoms with van der Waals surface area (Å²) in [4.78, 5) is 16.5. The minimum absolute atomic E-state index is 0.211. The Morgan fingerprint density at radius 1 is 1.48 bits per heavy atom. The first-order chi connectivity index (χ1) is 13.5. The van der Waals surface area contributed by atoms with Gasteiger partial charge in [-0.3, -0.25) is 9.78 Å². The minimum Gasteiger partial charge on any atom is -0.481 e. The molecule has 2 unspecified atom stereocenters. The van der Waals surface area contributed by atoms with Crippen LogP contribution < -0.4 is 10.1 Å². The van der Waals surface area contributed by atoms with Gasteiger partial charge in [0.1, 0.15) is 17.0 Å². The Morgan fingerprint density at radius 2 is 2.14 bits per heavy atom. The zero-order valence-electron chi connectivity index (χ0n) is 16.0. The van der Waals surface area contributed by atoms with Gasteiger partial charge in [-0.15, -0.1) is 0 Å². The van der Waals surface area contributed by atoms with Crippen molar-refractivity contribution in [3.8, 4) is 11.8 Å². The number of ether oxygens (including phenoxy) is 2. The number of halogens is 4. The zero-order valence-corrected chi connectivity index (χ0v) is 16.0. The van der Waals surface area contributed by atoms with E-state index in [-0.39, 0.29) is 24.5 Å². The van der Waals surface area contributed by atoms with Gasteiger partial charge in [0.05, 0.1) is 24.8 Å². The molecule has 1 saturated heterocycles. The van der Waals surface area contributed by atoms with Gasteiger partial charge in [-0.1, -0.05) is 12.8 Å². The van der Waals surface area contributed by atoms with Crippen LogP contribution in [0, 0.1) is 17.2 Å². The lowest BCUT2D eigenvalue weighted by Gasteiger charge is -2.35. The van der Waals surface area contributed by atoms with Crippen LogP contribution in [0.1, 0.15) is 49.2 Å². The van der Waals surface area contributed by atoms with Crippen molar-refractivity contribution in [1.82, 2.24) is 10.3 Å². The van der Waals surface area contributed by atoms with Crippen molar-refractivity contribution in [2.24, 2.45) is 5.92 Å². The fourth-order valence-electron chi connectivity index (χ4n) is 3.03. The molecule has 1 aliphatic heterocycles. The van der Waals surface area contributed by atoms with Crippen LogP contribution in [-0.4, -0.2) is 41.9 Å². The van der Waals surface area contributed by atoms with Gasteiger partial charge in [0.25, 0.3) is 5.91 Å². The number of amides is 1. The zero-order chi connectivity index (χ0) is 21.4. The second-order valence-electron chi connectivity index (χ2n) is 7.87. The average molecular weight is 415 g/mol. The molecule has 2 fully saturated rings. The Bertz CT molecular complexity index is 831. The number of carbonyl (C=O) groups excluding carboxylic acids is 1. The van der Waals surface area contributed by atoms with E-state index in [0.29, 0.717) is 12.3 Å². The van der Waals surface area contributed by atoms with Gasteiger partial charge in [-0.2, -0.15) is 18.4 Å². The molecule has 10 heteroatoms. The predicted molar refractivity (Wildman–Crippen MR) is 92.8 cm³/mol. The van der Waals surface area contributed by atoms with Crippen molar-refractivity contribution in [1.29, 1.82) is 5.26 Å². The van der Waals surface area contributed by atoms with Crippen LogP contribution in [0.5, 0.6) is 5.75 Å². The number of pyridine rings is 1. The quantitative estimate of drug-likeness (QED) is 0.690. The van der Waals surface area contributed by atoms with Crippen LogP contribution in [0.3, 0.4) is 0 Å². The van der Waals surface area contributed by atoms with Crippen molar-refractivity contribution >= 4 is 5.91 Å². The Labute approximate surface area is 165 Å². The molecule has 0 spiro atoms. The van der Waals surface area contributed by atoms with Gasteiger partial charge in [0, 0.05) is 12.3 Å². The molecule has 2 aliphatic rings. The highest BCUT2D eigenvalue weighted by molar-refractivity contribution is 5.93. The monoisotopic (exact) mass is 415 g/mol. The van der Waals surface area contributed by atoms with E-state index in [1.807, 2.05) is 0 Å². The topological polar surface area (TPSA) is 84.2 Å². The van der Waals surface area contributed by atoms with Crippen molar-refractivity contribution in [3.05, 3.63) is 23.5 Å². The van der Waals surface area contributed by atoms with Crippen molar-refractivity contribution in [2.75, 3.05) is 13.2 Å². The third-order valence-corrected chi connectivity index (χ3v) is 5.04. The Hall–Kier alpha value is -2.41. The summed E-state index contributed by atoms with van der Waals surface area (Å²) in [6, 6.07) is 3.03. The molecule has 3 rings (SSSR count). The standard InChI is InChI=1S/C19H21F4N3O3/c1-11(19(21,22)23)29-15-5-14(25-7-13(15)18(20)9-28-10-18)16(27)26-17(2,8-24)6-12-3-4-12/h5,7,11-12H,3-4,6,9-10H2,1-2H3,(H,26,27). The second kappa shape index (κ2) is 7.44. The molecule has 1 aliphatic carbocycles. The minimum atomic E-state index is -4.67. The molecule has 158 valence electrons. The molecule has 1 amide bonds.